The lowest BCUT2D eigenvalue weighted by molar-refractivity contribution is 0.171. The molecule has 20 heavy (non-hydrogen) atoms. The molecule has 0 saturated carbocycles. The Morgan fingerprint density at radius 2 is 1.85 bits per heavy atom. The number of nitrogens with two attached hydrogens (primary N) is 1. The van der Waals surface area contributed by atoms with Gasteiger partial charge < -0.3 is 20.5 Å². The van der Waals surface area contributed by atoms with Crippen LogP contribution in [0.4, 0.5) is 17.1 Å². The molecule has 0 amide bonds. The molecule has 5 heteroatoms. The summed E-state index contributed by atoms with van der Waals surface area (Å²) in [6.07, 6.45) is 0. The first-order valence-corrected chi connectivity index (χ1v) is 6.73. The lowest BCUT2D eigenvalue weighted by Crippen LogP contribution is -2.15. The Hall–Kier alpha value is -2.07. The van der Waals surface area contributed by atoms with E-state index in [-0.39, 0.29) is 0 Å². The zero-order valence-electron chi connectivity index (χ0n) is 11.1. The number of aryl methyl sites for hydroxylation is 1. The van der Waals surface area contributed by atoms with E-state index in [1.165, 1.54) is 0 Å². The van der Waals surface area contributed by atoms with Gasteiger partial charge in [0.25, 0.3) is 0 Å². The summed E-state index contributed by atoms with van der Waals surface area (Å²) in [5.41, 5.74) is 9.13. The van der Waals surface area contributed by atoms with Crippen molar-refractivity contribution in [3.8, 4) is 11.5 Å². The monoisotopic (exact) mass is 290 g/mol. The fourth-order valence-electron chi connectivity index (χ4n) is 2.16. The lowest BCUT2D eigenvalue weighted by Gasteiger charge is -2.19. The summed E-state index contributed by atoms with van der Waals surface area (Å²) >= 11 is 6.22. The van der Waals surface area contributed by atoms with E-state index < -0.39 is 0 Å². The molecule has 0 saturated heterocycles. The maximum absolute atomic E-state index is 6.22. The van der Waals surface area contributed by atoms with Crippen molar-refractivity contribution in [1.82, 2.24) is 0 Å². The van der Waals surface area contributed by atoms with Crippen molar-refractivity contribution >= 4 is 28.7 Å². The molecular formula is C15H15ClN2O2. The van der Waals surface area contributed by atoms with Crippen LogP contribution in [0.1, 0.15) is 5.56 Å². The number of hydrogen-bond acceptors (Lipinski definition) is 4. The van der Waals surface area contributed by atoms with Crippen molar-refractivity contribution in [2.24, 2.45) is 0 Å². The number of nitrogen functional groups attached to an aromatic ring is 1. The van der Waals surface area contributed by atoms with Crippen LogP contribution in [0.3, 0.4) is 0 Å². The number of ether oxygens (including phenoxy) is 2. The van der Waals surface area contributed by atoms with Gasteiger partial charge in [0.1, 0.15) is 13.2 Å². The molecule has 0 aromatic heterocycles. The van der Waals surface area contributed by atoms with Crippen LogP contribution in [0.15, 0.2) is 30.3 Å². The summed E-state index contributed by atoms with van der Waals surface area (Å²) in [4.78, 5) is 0. The smallest absolute Gasteiger partial charge is 0.163 e. The van der Waals surface area contributed by atoms with E-state index in [2.05, 4.69) is 5.32 Å². The van der Waals surface area contributed by atoms with Crippen molar-refractivity contribution in [2.75, 3.05) is 24.3 Å². The molecule has 0 atom stereocenters. The zero-order valence-corrected chi connectivity index (χ0v) is 11.8. The maximum Gasteiger partial charge on any atom is 0.163 e. The van der Waals surface area contributed by atoms with Crippen molar-refractivity contribution in [1.29, 1.82) is 0 Å². The molecule has 1 aliphatic rings. The minimum Gasteiger partial charge on any atom is -0.486 e. The van der Waals surface area contributed by atoms with E-state index in [0.717, 1.165) is 28.4 Å². The molecule has 3 N–H and O–H groups in total. The number of anilines is 3. The number of nitrogens with one attached hydrogen (secondary N) is 1. The molecule has 2 aromatic carbocycles. The highest BCUT2D eigenvalue weighted by Crippen LogP contribution is 2.36. The average Bonchev–Trinajstić information content (AvgIpc) is 2.44. The summed E-state index contributed by atoms with van der Waals surface area (Å²) in [7, 11) is 0. The Morgan fingerprint density at radius 3 is 2.65 bits per heavy atom. The summed E-state index contributed by atoms with van der Waals surface area (Å²) in [5, 5.41) is 3.78. The van der Waals surface area contributed by atoms with Crippen molar-refractivity contribution < 1.29 is 9.47 Å². The van der Waals surface area contributed by atoms with Crippen molar-refractivity contribution in [3.63, 3.8) is 0 Å². The highest BCUT2D eigenvalue weighted by atomic mass is 35.5. The van der Waals surface area contributed by atoms with Gasteiger partial charge in [-0.2, -0.15) is 0 Å². The van der Waals surface area contributed by atoms with Crippen LogP contribution in [0.5, 0.6) is 11.5 Å². The second kappa shape index (κ2) is 5.13. The number of hydrogen-bond donors (Lipinski definition) is 2. The van der Waals surface area contributed by atoms with E-state index in [1.807, 2.05) is 37.3 Å². The van der Waals surface area contributed by atoms with Crippen LogP contribution in [-0.4, -0.2) is 13.2 Å². The Bertz CT molecular complexity index is 659. The molecule has 1 aliphatic heterocycles. The topological polar surface area (TPSA) is 56.5 Å². The third-order valence-corrected chi connectivity index (χ3v) is 3.49. The first kappa shape index (κ1) is 12.9. The molecule has 104 valence electrons. The molecule has 1 heterocycles. The molecule has 0 spiro atoms. The number of rotatable bonds is 2. The maximum atomic E-state index is 6.22. The van der Waals surface area contributed by atoms with Crippen LogP contribution in [0, 0.1) is 6.92 Å². The van der Waals surface area contributed by atoms with Crippen LogP contribution < -0.4 is 20.5 Å². The van der Waals surface area contributed by atoms with Gasteiger partial charge in [-0.25, -0.2) is 0 Å². The highest BCUT2D eigenvalue weighted by Gasteiger charge is 2.12. The van der Waals surface area contributed by atoms with Gasteiger partial charge in [0.05, 0.1) is 16.4 Å². The Labute approximate surface area is 122 Å². The molecule has 0 fully saturated rings. The SMILES string of the molecule is Cc1cc(N)c(Cl)c(Nc2ccc3c(c2)OCCO3)c1. The molecule has 2 aromatic rings. The van der Waals surface area contributed by atoms with Crippen LogP contribution in [0.25, 0.3) is 0 Å². The molecule has 0 aliphatic carbocycles. The Morgan fingerprint density at radius 1 is 1.10 bits per heavy atom. The molecule has 0 radical (unpaired) electrons. The summed E-state index contributed by atoms with van der Waals surface area (Å²) in [5.74, 6) is 1.50. The quantitative estimate of drug-likeness (QED) is 0.827. The van der Waals surface area contributed by atoms with Gasteiger partial charge >= 0.3 is 0 Å². The van der Waals surface area contributed by atoms with Gasteiger partial charge in [-0.15, -0.1) is 0 Å². The van der Waals surface area contributed by atoms with Crippen LogP contribution in [0.2, 0.25) is 5.02 Å². The van der Waals surface area contributed by atoms with E-state index >= 15 is 0 Å². The first-order valence-electron chi connectivity index (χ1n) is 6.36. The third-order valence-electron chi connectivity index (χ3n) is 3.07. The number of fused-ring (bicyclic) bond motifs is 1. The van der Waals surface area contributed by atoms with Gasteiger partial charge in [0.15, 0.2) is 11.5 Å². The first-order chi connectivity index (χ1) is 9.63. The van der Waals surface area contributed by atoms with Gasteiger partial charge in [0, 0.05) is 11.8 Å². The average molecular weight is 291 g/mol. The van der Waals surface area contributed by atoms with Gasteiger partial charge in [-0.1, -0.05) is 11.6 Å². The van der Waals surface area contributed by atoms with E-state index in [0.29, 0.717) is 23.9 Å². The minimum absolute atomic E-state index is 0.519. The molecule has 3 rings (SSSR count). The summed E-state index contributed by atoms with van der Waals surface area (Å²) in [6.45, 7) is 3.12. The third kappa shape index (κ3) is 2.47. The van der Waals surface area contributed by atoms with Gasteiger partial charge in [0.2, 0.25) is 0 Å². The van der Waals surface area contributed by atoms with Crippen LogP contribution >= 0.6 is 11.6 Å². The standard InChI is InChI=1S/C15H15ClN2O2/c1-9-6-11(17)15(16)12(7-9)18-10-2-3-13-14(8-10)20-5-4-19-13/h2-3,6-8,18H,4-5,17H2,1H3. The van der Waals surface area contributed by atoms with E-state index in [9.17, 15) is 0 Å². The number of halogens is 1. The second-order valence-corrected chi connectivity index (χ2v) is 5.08. The van der Waals surface area contributed by atoms with Crippen LogP contribution in [-0.2, 0) is 0 Å². The summed E-state index contributed by atoms with van der Waals surface area (Å²) < 4.78 is 11.0. The highest BCUT2D eigenvalue weighted by molar-refractivity contribution is 6.35. The number of benzene rings is 2. The predicted molar refractivity (Wildman–Crippen MR) is 81.3 cm³/mol. The molecule has 0 bridgehead atoms. The predicted octanol–water partition coefficient (Wildman–Crippen LogP) is 3.75. The Kier molecular flexibility index (Phi) is 3.32. The minimum atomic E-state index is 0.519. The summed E-state index contributed by atoms with van der Waals surface area (Å²) in [6, 6.07) is 9.49. The molecule has 4 nitrogen and oxygen atoms in total. The van der Waals surface area contributed by atoms with Crippen molar-refractivity contribution in [3.05, 3.63) is 40.9 Å². The Balaban J connectivity index is 1.91. The fourth-order valence-corrected chi connectivity index (χ4v) is 2.32. The lowest BCUT2D eigenvalue weighted by atomic mass is 10.2. The second-order valence-electron chi connectivity index (χ2n) is 4.70. The fraction of sp³-hybridized carbons (Fsp3) is 0.200. The van der Waals surface area contributed by atoms with Gasteiger partial charge in [-0.3, -0.25) is 0 Å². The van der Waals surface area contributed by atoms with E-state index in [1.54, 1.807) is 0 Å². The van der Waals surface area contributed by atoms with E-state index in [4.69, 9.17) is 26.8 Å². The normalized spacial score (nSPS) is 13.1. The van der Waals surface area contributed by atoms with Gasteiger partial charge in [-0.05, 0) is 36.8 Å². The zero-order chi connectivity index (χ0) is 14.1. The molecular weight excluding hydrogens is 276 g/mol. The molecule has 0 unspecified atom stereocenters. The van der Waals surface area contributed by atoms with Crippen molar-refractivity contribution in [2.45, 2.75) is 6.92 Å². The largest absolute Gasteiger partial charge is 0.486 e.